The van der Waals surface area contributed by atoms with Gasteiger partial charge in [0.1, 0.15) is 11.5 Å². The Hall–Kier alpha value is -2.74. The van der Waals surface area contributed by atoms with Gasteiger partial charge in [-0.25, -0.2) is 0 Å². The Morgan fingerprint density at radius 2 is 1.16 bits per heavy atom. The van der Waals surface area contributed by atoms with E-state index in [4.69, 9.17) is 9.47 Å². The van der Waals surface area contributed by atoms with E-state index >= 15 is 0 Å². The van der Waals surface area contributed by atoms with Gasteiger partial charge in [-0.05, 0) is 59.9 Å². The molecule has 2 heteroatoms. The smallest absolute Gasteiger partial charge is 0.118 e. The van der Waals surface area contributed by atoms with Crippen LogP contribution in [-0.4, -0.2) is 14.2 Å². The quantitative estimate of drug-likeness (QED) is 0.603. The van der Waals surface area contributed by atoms with Crippen molar-refractivity contribution in [2.24, 2.45) is 0 Å². The molecule has 3 aromatic carbocycles. The molecular weight excluding hydrogens is 308 g/mol. The molecule has 128 valence electrons. The molecule has 0 saturated heterocycles. The fourth-order valence-corrected chi connectivity index (χ4v) is 3.16. The molecule has 0 unspecified atom stereocenters. The highest BCUT2D eigenvalue weighted by Gasteiger charge is 2.16. The van der Waals surface area contributed by atoms with E-state index in [2.05, 4.69) is 55.5 Å². The average Bonchev–Trinajstić information content (AvgIpc) is 2.68. The van der Waals surface area contributed by atoms with Crippen LogP contribution >= 0.6 is 0 Å². The summed E-state index contributed by atoms with van der Waals surface area (Å²) in [5, 5.41) is 0. The van der Waals surface area contributed by atoms with E-state index in [0.717, 1.165) is 17.9 Å². The zero-order valence-corrected chi connectivity index (χ0v) is 15.0. The molecule has 0 bridgehead atoms. The fraction of sp³-hybridized carbons (Fsp3) is 0.217. The van der Waals surface area contributed by atoms with Crippen LogP contribution in [0.5, 0.6) is 11.5 Å². The number of hydrogen-bond donors (Lipinski definition) is 0. The van der Waals surface area contributed by atoms with Gasteiger partial charge in [-0.3, -0.25) is 0 Å². The van der Waals surface area contributed by atoms with Crippen LogP contribution in [0, 0.1) is 6.92 Å². The Balaban J connectivity index is 1.98. The second-order valence-electron chi connectivity index (χ2n) is 6.23. The maximum Gasteiger partial charge on any atom is 0.118 e. The molecule has 0 saturated carbocycles. The minimum atomic E-state index is 0.290. The number of benzene rings is 3. The van der Waals surface area contributed by atoms with Crippen molar-refractivity contribution in [2.45, 2.75) is 19.3 Å². The summed E-state index contributed by atoms with van der Waals surface area (Å²) in [6, 6.07) is 25.4. The topological polar surface area (TPSA) is 18.5 Å². The summed E-state index contributed by atoms with van der Waals surface area (Å²) >= 11 is 0. The monoisotopic (exact) mass is 332 g/mol. The first-order valence-electron chi connectivity index (χ1n) is 8.53. The summed E-state index contributed by atoms with van der Waals surface area (Å²) in [4.78, 5) is 0. The molecule has 0 N–H and O–H groups in total. The Bertz CT molecular complexity index is 757. The van der Waals surface area contributed by atoms with Crippen LogP contribution in [-0.2, 0) is 6.42 Å². The fourth-order valence-electron chi connectivity index (χ4n) is 3.16. The van der Waals surface area contributed by atoms with Crippen LogP contribution in [0.15, 0.2) is 72.8 Å². The van der Waals surface area contributed by atoms with Gasteiger partial charge in [0.15, 0.2) is 0 Å². The molecule has 0 amide bonds. The molecule has 2 nitrogen and oxygen atoms in total. The maximum atomic E-state index is 5.31. The standard InChI is InChI=1S/C23H24O2/c1-17-6-4-5-7-20(17)16-23(18-8-12-21(24-2)13-9-18)19-10-14-22(25-3)15-11-19/h4-15,23H,16H2,1-3H3. The minimum absolute atomic E-state index is 0.290. The normalized spacial score (nSPS) is 10.7. The van der Waals surface area contributed by atoms with Gasteiger partial charge in [0.2, 0.25) is 0 Å². The average molecular weight is 332 g/mol. The van der Waals surface area contributed by atoms with Crippen molar-refractivity contribution in [2.75, 3.05) is 14.2 Å². The third-order valence-corrected chi connectivity index (χ3v) is 4.72. The lowest BCUT2D eigenvalue weighted by molar-refractivity contribution is 0.414. The zero-order chi connectivity index (χ0) is 17.6. The molecule has 0 radical (unpaired) electrons. The highest BCUT2D eigenvalue weighted by Crippen LogP contribution is 2.31. The van der Waals surface area contributed by atoms with Crippen molar-refractivity contribution in [1.29, 1.82) is 0 Å². The van der Waals surface area contributed by atoms with Crippen LogP contribution in [0.3, 0.4) is 0 Å². The number of rotatable bonds is 6. The molecule has 0 aromatic heterocycles. The lowest BCUT2D eigenvalue weighted by atomic mass is 9.85. The predicted molar refractivity (Wildman–Crippen MR) is 103 cm³/mol. The number of ether oxygens (including phenoxy) is 2. The van der Waals surface area contributed by atoms with Gasteiger partial charge in [-0.15, -0.1) is 0 Å². The largest absolute Gasteiger partial charge is 0.497 e. The predicted octanol–water partition coefficient (Wildman–Crippen LogP) is 5.39. The van der Waals surface area contributed by atoms with Crippen molar-refractivity contribution >= 4 is 0 Å². The molecule has 0 fully saturated rings. The number of methoxy groups -OCH3 is 2. The maximum absolute atomic E-state index is 5.31. The van der Waals surface area contributed by atoms with Crippen LogP contribution in [0.4, 0.5) is 0 Å². The lowest BCUT2D eigenvalue weighted by Gasteiger charge is -2.20. The molecular formula is C23H24O2. The summed E-state index contributed by atoms with van der Waals surface area (Å²) < 4.78 is 10.6. The lowest BCUT2D eigenvalue weighted by Crippen LogP contribution is -2.06. The van der Waals surface area contributed by atoms with E-state index in [1.165, 1.54) is 22.3 Å². The Labute approximate surface area is 150 Å². The Kier molecular flexibility index (Phi) is 5.39. The van der Waals surface area contributed by atoms with E-state index in [0.29, 0.717) is 0 Å². The molecule has 3 rings (SSSR count). The van der Waals surface area contributed by atoms with Gasteiger partial charge >= 0.3 is 0 Å². The molecule has 0 aliphatic rings. The van der Waals surface area contributed by atoms with Crippen molar-refractivity contribution < 1.29 is 9.47 Å². The summed E-state index contributed by atoms with van der Waals surface area (Å²) in [5.41, 5.74) is 5.28. The summed E-state index contributed by atoms with van der Waals surface area (Å²) in [6.45, 7) is 2.18. The highest BCUT2D eigenvalue weighted by atomic mass is 16.5. The first-order chi connectivity index (χ1) is 12.2. The molecule has 0 heterocycles. The number of aryl methyl sites for hydroxylation is 1. The van der Waals surface area contributed by atoms with Gasteiger partial charge in [0, 0.05) is 5.92 Å². The minimum Gasteiger partial charge on any atom is -0.497 e. The van der Waals surface area contributed by atoms with Crippen molar-refractivity contribution in [1.82, 2.24) is 0 Å². The van der Waals surface area contributed by atoms with Crippen molar-refractivity contribution in [3.8, 4) is 11.5 Å². The Morgan fingerprint density at radius 1 is 0.680 bits per heavy atom. The third kappa shape index (κ3) is 4.03. The third-order valence-electron chi connectivity index (χ3n) is 4.72. The van der Waals surface area contributed by atoms with Crippen LogP contribution < -0.4 is 9.47 Å². The van der Waals surface area contributed by atoms with Crippen molar-refractivity contribution in [3.63, 3.8) is 0 Å². The summed E-state index contributed by atoms with van der Waals surface area (Å²) in [6.07, 6.45) is 0.964. The first-order valence-corrected chi connectivity index (χ1v) is 8.53. The molecule has 0 spiro atoms. The summed E-state index contributed by atoms with van der Waals surface area (Å²) in [7, 11) is 3.40. The van der Waals surface area contributed by atoms with E-state index in [1.807, 2.05) is 24.3 Å². The van der Waals surface area contributed by atoms with E-state index in [-0.39, 0.29) is 5.92 Å². The molecule has 0 atom stereocenters. The van der Waals surface area contributed by atoms with Gasteiger partial charge in [0.05, 0.1) is 14.2 Å². The van der Waals surface area contributed by atoms with E-state index in [9.17, 15) is 0 Å². The van der Waals surface area contributed by atoms with Crippen molar-refractivity contribution in [3.05, 3.63) is 95.1 Å². The zero-order valence-electron chi connectivity index (χ0n) is 15.0. The van der Waals surface area contributed by atoms with E-state index < -0.39 is 0 Å². The summed E-state index contributed by atoms with van der Waals surface area (Å²) in [5.74, 6) is 2.05. The molecule has 25 heavy (non-hydrogen) atoms. The highest BCUT2D eigenvalue weighted by molar-refractivity contribution is 5.40. The molecule has 0 aliphatic carbocycles. The SMILES string of the molecule is COc1ccc(C(Cc2ccccc2C)c2ccc(OC)cc2)cc1. The second kappa shape index (κ2) is 7.89. The molecule has 3 aromatic rings. The van der Waals surface area contributed by atoms with Gasteiger partial charge in [-0.1, -0.05) is 48.5 Å². The molecule has 0 aliphatic heterocycles. The van der Waals surface area contributed by atoms with Crippen LogP contribution in [0.1, 0.15) is 28.2 Å². The first kappa shape index (κ1) is 17.1. The van der Waals surface area contributed by atoms with Crippen LogP contribution in [0.2, 0.25) is 0 Å². The Morgan fingerprint density at radius 3 is 1.60 bits per heavy atom. The van der Waals surface area contributed by atoms with Gasteiger partial charge < -0.3 is 9.47 Å². The van der Waals surface area contributed by atoms with E-state index in [1.54, 1.807) is 14.2 Å². The van der Waals surface area contributed by atoms with Gasteiger partial charge in [-0.2, -0.15) is 0 Å². The van der Waals surface area contributed by atoms with Gasteiger partial charge in [0.25, 0.3) is 0 Å². The second-order valence-corrected chi connectivity index (χ2v) is 6.23. The van der Waals surface area contributed by atoms with Crippen LogP contribution in [0.25, 0.3) is 0 Å². The number of hydrogen-bond acceptors (Lipinski definition) is 2.